The van der Waals surface area contributed by atoms with Crippen molar-refractivity contribution >= 4 is 17.4 Å². The molecule has 1 N–H and O–H groups in total. The van der Waals surface area contributed by atoms with E-state index in [9.17, 15) is 4.79 Å². The largest absolute Gasteiger partial charge is 0.336 e. The number of nitrogens with one attached hydrogen (secondary N) is 1. The number of urea groups is 1. The van der Waals surface area contributed by atoms with Crippen LogP contribution in [0.15, 0.2) is 0 Å². The highest BCUT2D eigenvalue weighted by molar-refractivity contribution is 7.11. The third kappa shape index (κ3) is 1.84. The van der Waals surface area contributed by atoms with Crippen molar-refractivity contribution in [3.8, 4) is 0 Å². The van der Waals surface area contributed by atoms with Crippen LogP contribution >= 0.6 is 11.3 Å². The van der Waals surface area contributed by atoms with Crippen molar-refractivity contribution in [2.45, 2.75) is 26.8 Å². The first-order chi connectivity index (χ1) is 7.09. The van der Waals surface area contributed by atoms with E-state index in [4.69, 9.17) is 0 Å². The lowest BCUT2D eigenvalue weighted by molar-refractivity contribution is 0.203. The molecule has 0 saturated carbocycles. The van der Waals surface area contributed by atoms with Crippen molar-refractivity contribution in [2.75, 3.05) is 13.1 Å². The number of hydrogen-bond donors (Lipinski definition) is 1. The molecule has 5 heteroatoms. The van der Waals surface area contributed by atoms with Crippen molar-refractivity contribution in [1.29, 1.82) is 0 Å². The van der Waals surface area contributed by atoms with Gasteiger partial charge in [0.25, 0.3) is 0 Å². The Morgan fingerprint density at radius 2 is 2.27 bits per heavy atom. The lowest BCUT2D eigenvalue weighted by Gasteiger charge is -2.22. The molecule has 1 aromatic rings. The van der Waals surface area contributed by atoms with Crippen LogP contribution in [0.2, 0.25) is 0 Å². The molecule has 1 saturated heterocycles. The molecule has 15 heavy (non-hydrogen) atoms. The second kappa shape index (κ2) is 3.81. The number of carbonyl (C=O) groups excluding carboxylic acids is 1. The molecule has 4 nitrogen and oxygen atoms in total. The van der Waals surface area contributed by atoms with Crippen LogP contribution < -0.4 is 5.32 Å². The number of aryl methyl sites for hydroxylation is 2. The fourth-order valence-corrected chi connectivity index (χ4v) is 2.92. The van der Waals surface area contributed by atoms with Crippen LogP contribution in [0.3, 0.4) is 0 Å². The van der Waals surface area contributed by atoms with Crippen LogP contribution in [-0.2, 0) is 0 Å². The number of rotatable bonds is 2. The standard InChI is InChI=1S/C10H15N3OS/c1-6-9(15-8(3)12-6)7(2)13-5-4-11-10(13)14/h7H,4-5H2,1-3H3,(H,11,14). The minimum Gasteiger partial charge on any atom is -0.336 e. The summed E-state index contributed by atoms with van der Waals surface area (Å²) in [5, 5.41) is 3.88. The second-order valence-corrected chi connectivity index (χ2v) is 5.02. The van der Waals surface area contributed by atoms with Gasteiger partial charge in [0.1, 0.15) is 0 Å². The predicted molar refractivity (Wildman–Crippen MR) is 60.1 cm³/mol. The summed E-state index contributed by atoms with van der Waals surface area (Å²) in [6.07, 6.45) is 0. The topological polar surface area (TPSA) is 45.2 Å². The number of carbonyl (C=O) groups is 1. The number of thiazole rings is 1. The molecule has 2 heterocycles. The number of hydrogen-bond acceptors (Lipinski definition) is 3. The van der Waals surface area contributed by atoms with Gasteiger partial charge in [0.15, 0.2) is 0 Å². The van der Waals surface area contributed by atoms with Crippen molar-refractivity contribution in [3.63, 3.8) is 0 Å². The average molecular weight is 225 g/mol. The Bertz CT molecular complexity index is 388. The maximum Gasteiger partial charge on any atom is 0.318 e. The van der Waals surface area contributed by atoms with Crippen molar-refractivity contribution in [3.05, 3.63) is 15.6 Å². The summed E-state index contributed by atoms with van der Waals surface area (Å²) in [6, 6.07) is 0.173. The minimum atomic E-state index is 0.0351. The normalized spacial score (nSPS) is 18.1. The number of nitrogens with zero attached hydrogens (tertiary/aromatic N) is 2. The quantitative estimate of drug-likeness (QED) is 0.834. The fourth-order valence-electron chi connectivity index (χ4n) is 1.93. The zero-order valence-corrected chi connectivity index (χ0v) is 10.0. The fraction of sp³-hybridized carbons (Fsp3) is 0.600. The average Bonchev–Trinajstić information content (AvgIpc) is 2.71. The van der Waals surface area contributed by atoms with Crippen molar-refractivity contribution in [1.82, 2.24) is 15.2 Å². The van der Waals surface area contributed by atoms with E-state index >= 15 is 0 Å². The summed E-state index contributed by atoms with van der Waals surface area (Å²) >= 11 is 1.68. The molecule has 2 rings (SSSR count). The van der Waals surface area contributed by atoms with Gasteiger partial charge in [-0.05, 0) is 20.8 Å². The van der Waals surface area contributed by atoms with Gasteiger partial charge >= 0.3 is 6.03 Å². The van der Waals surface area contributed by atoms with E-state index in [0.29, 0.717) is 0 Å². The van der Waals surface area contributed by atoms with Crippen LogP contribution in [0.25, 0.3) is 0 Å². The van der Waals surface area contributed by atoms with Gasteiger partial charge in [-0.1, -0.05) is 0 Å². The molecule has 1 fully saturated rings. The molecule has 82 valence electrons. The molecule has 1 atom stereocenters. The molecule has 0 aromatic carbocycles. The van der Waals surface area contributed by atoms with Crippen molar-refractivity contribution < 1.29 is 4.79 Å². The molecular weight excluding hydrogens is 210 g/mol. The molecule has 0 radical (unpaired) electrons. The maximum absolute atomic E-state index is 11.5. The number of aromatic nitrogens is 1. The van der Waals surface area contributed by atoms with Crippen LogP contribution in [0.1, 0.15) is 28.5 Å². The van der Waals surface area contributed by atoms with Gasteiger partial charge in [0.05, 0.1) is 16.7 Å². The highest BCUT2D eigenvalue weighted by Gasteiger charge is 2.27. The predicted octanol–water partition coefficient (Wildman–Crippen LogP) is 1.85. The third-order valence-corrected chi connectivity index (χ3v) is 3.92. The van der Waals surface area contributed by atoms with Gasteiger partial charge in [-0.15, -0.1) is 11.3 Å². The smallest absolute Gasteiger partial charge is 0.318 e. The van der Waals surface area contributed by atoms with Crippen LogP contribution in [-0.4, -0.2) is 29.0 Å². The Morgan fingerprint density at radius 1 is 1.53 bits per heavy atom. The van der Waals surface area contributed by atoms with E-state index in [0.717, 1.165) is 23.8 Å². The monoisotopic (exact) mass is 225 g/mol. The Hall–Kier alpha value is -1.10. The van der Waals surface area contributed by atoms with Gasteiger partial charge in [-0.25, -0.2) is 9.78 Å². The molecule has 1 aliphatic heterocycles. The van der Waals surface area contributed by atoms with E-state index in [1.165, 1.54) is 4.88 Å². The van der Waals surface area contributed by atoms with Crippen molar-refractivity contribution in [2.24, 2.45) is 0 Å². The highest BCUT2D eigenvalue weighted by atomic mass is 32.1. The van der Waals surface area contributed by atoms with Crippen LogP contribution in [0.5, 0.6) is 0 Å². The summed E-state index contributed by atoms with van der Waals surface area (Å²) in [5.74, 6) is 0. The molecule has 0 bridgehead atoms. The molecule has 1 unspecified atom stereocenters. The molecular formula is C10H15N3OS. The lowest BCUT2D eigenvalue weighted by Crippen LogP contribution is -2.30. The summed E-state index contributed by atoms with van der Waals surface area (Å²) in [5.41, 5.74) is 1.05. The summed E-state index contributed by atoms with van der Waals surface area (Å²) in [4.78, 5) is 19.0. The van der Waals surface area contributed by atoms with E-state index in [-0.39, 0.29) is 12.1 Å². The Balaban J connectivity index is 2.23. The van der Waals surface area contributed by atoms with E-state index < -0.39 is 0 Å². The first kappa shape index (κ1) is 10.4. The zero-order valence-electron chi connectivity index (χ0n) is 9.20. The second-order valence-electron chi connectivity index (χ2n) is 3.78. The van der Waals surface area contributed by atoms with E-state index in [1.54, 1.807) is 11.3 Å². The van der Waals surface area contributed by atoms with E-state index in [2.05, 4.69) is 17.2 Å². The highest BCUT2D eigenvalue weighted by Crippen LogP contribution is 2.29. The molecule has 1 aliphatic rings. The zero-order chi connectivity index (χ0) is 11.0. The summed E-state index contributed by atoms with van der Waals surface area (Å²) in [7, 11) is 0. The Kier molecular flexibility index (Phi) is 2.65. The van der Waals surface area contributed by atoms with Gasteiger partial charge < -0.3 is 10.2 Å². The van der Waals surface area contributed by atoms with Gasteiger partial charge in [0.2, 0.25) is 0 Å². The van der Waals surface area contributed by atoms with Crippen LogP contribution in [0, 0.1) is 13.8 Å². The molecule has 0 spiro atoms. The molecule has 2 amide bonds. The summed E-state index contributed by atoms with van der Waals surface area (Å²) in [6.45, 7) is 7.60. The Morgan fingerprint density at radius 3 is 2.73 bits per heavy atom. The lowest BCUT2D eigenvalue weighted by atomic mass is 10.2. The third-order valence-electron chi connectivity index (χ3n) is 2.68. The van der Waals surface area contributed by atoms with E-state index in [1.807, 2.05) is 18.7 Å². The molecule has 0 aliphatic carbocycles. The first-order valence-corrected chi connectivity index (χ1v) is 5.89. The van der Waals surface area contributed by atoms with Gasteiger partial charge in [-0.2, -0.15) is 0 Å². The maximum atomic E-state index is 11.5. The van der Waals surface area contributed by atoms with Crippen LogP contribution in [0.4, 0.5) is 4.79 Å². The number of amides is 2. The SMILES string of the molecule is Cc1nc(C)c(C(C)N2CCNC2=O)s1. The summed E-state index contributed by atoms with van der Waals surface area (Å²) < 4.78 is 0. The van der Waals surface area contributed by atoms with Gasteiger partial charge in [-0.3, -0.25) is 0 Å². The molecule has 1 aromatic heterocycles. The van der Waals surface area contributed by atoms with Gasteiger partial charge in [0, 0.05) is 18.0 Å². The minimum absolute atomic E-state index is 0.0351. The first-order valence-electron chi connectivity index (χ1n) is 5.08. The Labute approximate surface area is 93.3 Å².